The summed E-state index contributed by atoms with van der Waals surface area (Å²) in [6.45, 7) is 0. The quantitative estimate of drug-likeness (QED) is 0.477. The molecular weight excluding hydrogens is 312 g/mol. The molecule has 0 amide bonds. The maximum absolute atomic E-state index is 5.17. The summed E-state index contributed by atoms with van der Waals surface area (Å²) in [5, 5.41) is 0. The molecule has 2 rings (SSSR count). The van der Waals surface area contributed by atoms with E-state index >= 15 is 0 Å². The maximum atomic E-state index is 5.17. The lowest BCUT2D eigenvalue weighted by molar-refractivity contribution is 0.414. The Hall–Kier alpha value is -1.28. The van der Waals surface area contributed by atoms with Crippen molar-refractivity contribution in [2.45, 2.75) is 30.5 Å². The molecule has 0 aliphatic rings. The second kappa shape index (κ2) is 8.11. The van der Waals surface area contributed by atoms with Crippen LogP contribution in [-0.2, 0) is 6.42 Å². The monoisotopic (exact) mass is 332 g/mol. The van der Waals surface area contributed by atoms with Crippen molar-refractivity contribution in [2.24, 2.45) is 0 Å². The largest absolute Gasteiger partial charge is 0.497 e. The van der Waals surface area contributed by atoms with Gasteiger partial charge in [-0.05, 0) is 42.5 Å². The van der Waals surface area contributed by atoms with Crippen LogP contribution in [0.2, 0.25) is 0 Å². The third kappa shape index (κ3) is 4.68. The van der Waals surface area contributed by atoms with Crippen molar-refractivity contribution in [3.63, 3.8) is 0 Å². The molecule has 0 radical (unpaired) electrons. The molecule has 106 valence electrons. The highest BCUT2D eigenvalue weighted by Crippen LogP contribution is 2.28. The number of hydrogen-bond donors (Lipinski definition) is 0. The molecule has 0 bridgehead atoms. The highest BCUT2D eigenvalue weighted by atomic mass is 79.9. The molecule has 0 saturated heterocycles. The minimum Gasteiger partial charge on any atom is -0.497 e. The average molecular weight is 333 g/mol. The van der Waals surface area contributed by atoms with Gasteiger partial charge in [-0.2, -0.15) is 0 Å². The number of alkyl halides is 1. The molecule has 1 atom stereocenters. The summed E-state index contributed by atoms with van der Waals surface area (Å²) < 4.78 is 5.17. The number of hydrogen-bond acceptors (Lipinski definition) is 1. The van der Waals surface area contributed by atoms with Crippen molar-refractivity contribution in [3.05, 3.63) is 65.7 Å². The van der Waals surface area contributed by atoms with Crippen LogP contribution in [0.3, 0.4) is 0 Å². The third-order valence-corrected chi connectivity index (χ3v) is 4.48. The third-order valence-electron chi connectivity index (χ3n) is 3.49. The zero-order valence-electron chi connectivity index (χ0n) is 11.9. The first kappa shape index (κ1) is 15.1. The molecule has 20 heavy (non-hydrogen) atoms. The van der Waals surface area contributed by atoms with Crippen molar-refractivity contribution in [1.29, 1.82) is 0 Å². The van der Waals surface area contributed by atoms with Gasteiger partial charge in [-0.25, -0.2) is 0 Å². The van der Waals surface area contributed by atoms with Crippen LogP contribution in [0.5, 0.6) is 5.75 Å². The van der Waals surface area contributed by atoms with Gasteiger partial charge in [0.2, 0.25) is 0 Å². The van der Waals surface area contributed by atoms with Crippen molar-refractivity contribution in [1.82, 2.24) is 0 Å². The maximum Gasteiger partial charge on any atom is 0.118 e. The summed E-state index contributed by atoms with van der Waals surface area (Å²) in [5.74, 6) is 0.929. The summed E-state index contributed by atoms with van der Waals surface area (Å²) in [5.41, 5.74) is 2.76. The van der Waals surface area contributed by atoms with Gasteiger partial charge in [0.15, 0.2) is 0 Å². The zero-order chi connectivity index (χ0) is 14.2. The smallest absolute Gasteiger partial charge is 0.118 e. The van der Waals surface area contributed by atoms with Gasteiger partial charge in [-0.15, -0.1) is 0 Å². The molecule has 1 nitrogen and oxygen atoms in total. The molecule has 0 aliphatic heterocycles. The van der Waals surface area contributed by atoms with E-state index in [0.29, 0.717) is 4.83 Å². The molecule has 1 unspecified atom stereocenters. The lowest BCUT2D eigenvalue weighted by Crippen LogP contribution is -1.92. The lowest BCUT2D eigenvalue weighted by atomic mass is 10.0. The molecule has 0 fully saturated rings. The van der Waals surface area contributed by atoms with Crippen LogP contribution in [0, 0.1) is 0 Å². The molecule has 0 aliphatic carbocycles. The van der Waals surface area contributed by atoms with Crippen LogP contribution >= 0.6 is 15.9 Å². The Kier molecular flexibility index (Phi) is 6.13. The van der Waals surface area contributed by atoms with Crippen molar-refractivity contribution < 1.29 is 4.74 Å². The molecule has 0 N–H and O–H groups in total. The van der Waals surface area contributed by atoms with E-state index in [9.17, 15) is 0 Å². The van der Waals surface area contributed by atoms with E-state index in [0.717, 1.165) is 12.2 Å². The van der Waals surface area contributed by atoms with Gasteiger partial charge in [0.05, 0.1) is 7.11 Å². The van der Waals surface area contributed by atoms with E-state index < -0.39 is 0 Å². The van der Waals surface area contributed by atoms with Crippen LogP contribution in [0.15, 0.2) is 54.6 Å². The second-order valence-corrected chi connectivity index (χ2v) is 6.08. The number of ether oxygens (including phenoxy) is 1. The first-order chi connectivity index (χ1) is 9.79. The fourth-order valence-corrected chi connectivity index (χ4v) is 2.90. The van der Waals surface area contributed by atoms with E-state index in [1.54, 1.807) is 7.11 Å². The molecule has 2 aromatic rings. The van der Waals surface area contributed by atoms with E-state index in [2.05, 4.69) is 58.4 Å². The van der Waals surface area contributed by atoms with Crippen molar-refractivity contribution in [2.75, 3.05) is 7.11 Å². The number of methoxy groups -OCH3 is 1. The Bertz CT molecular complexity index is 493. The number of unbranched alkanes of at least 4 members (excludes halogenated alkanes) is 1. The molecular formula is C18H21BrO. The second-order valence-electron chi connectivity index (χ2n) is 4.97. The zero-order valence-corrected chi connectivity index (χ0v) is 13.5. The van der Waals surface area contributed by atoms with Gasteiger partial charge >= 0.3 is 0 Å². The van der Waals surface area contributed by atoms with Crippen LogP contribution < -0.4 is 4.74 Å². The Labute approximate surface area is 130 Å². The van der Waals surface area contributed by atoms with Gasteiger partial charge in [-0.1, -0.05) is 64.8 Å². The van der Waals surface area contributed by atoms with Gasteiger partial charge in [0.25, 0.3) is 0 Å². The number of rotatable bonds is 7. The number of benzene rings is 2. The fraction of sp³-hybridized carbons (Fsp3) is 0.333. The topological polar surface area (TPSA) is 9.23 Å². The van der Waals surface area contributed by atoms with E-state index in [-0.39, 0.29) is 0 Å². The molecule has 0 aromatic heterocycles. The average Bonchev–Trinajstić information content (AvgIpc) is 2.53. The number of aryl methyl sites for hydroxylation is 1. The van der Waals surface area contributed by atoms with Gasteiger partial charge < -0.3 is 4.74 Å². The summed E-state index contributed by atoms with van der Waals surface area (Å²) >= 11 is 3.77. The van der Waals surface area contributed by atoms with Crippen molar-refractivity contribution in [3.8, 4) is 5.75 Å². The predicted octanol–water partition coefficient (Wildman–Crippen LogP) is 5.54. The van der Waals surface area contributed by atoms with E-state index in [4.69, 9.17) is 4.74 Å². The highest BCUT2D eigenvalue weighted by Gasteiger charge is 2.06. The Morgan fingerprint density at radius 3 is 2.30 bits per heavy atom. The van der Waals surface area contributed by atoms with E-state index in [1.165, 1.54) is 30.4 Å². The van der Waals surface area contributed by atoms with Gasteiger partial charge in [0, 0.05) is 4.83 Å². The minimum absolute atomic E-state index is 0.472. The summed E-state index contributed by atoms with van der Waals surface area (Å²) in [6, 6.07) is 19.0. The van der Waals surface area contributed by atoms with Crippen LogP contribution in [-0.4, -0.2) is 7.11 Å². The van der Waals surface area contributed by atoms with Crippen LogP contribution in [0.25, 0.3) is 0 Å². The molecule has 0 heterocycles. The summed E-state index contributed by atoms with van der Waals surface area (Å²) in [6.07, 6.45) is 4.77. The fourth-order valence-electron chi connectivity index (χ4n) is 2.27. The van der Waals surface area contributed by atoms with Gasteiger partial charge in [-0.3, -0.25) is 0 Å². The molecule has 0 saturated carbocycles. The first-order valence-corrected chi connectivity index (χ1v) is 8.03. The van der Waals surface area contributed by atoms with Crippen LogP contribution in [0.1, 0.15) is 35.2 Å². The normalized spacial score (nSPS) is 12.1. The molecule has 2 heteroatoms. The van der Waals surface area contributed by atoms with Crippen molar-refractivity contribution >= 4 is 15.9 Å². The standard InChI is InChI=1S/C18H21BrO/c1-20-17-13-11-15(12-14-17)7-5-6-10-18(19)16-8-3-2-4-9-16/h2-4,8-9,11-14,18H,5-7,10H2,1H3. The highest BCUT2D eigenvalue weighted by molar-refractivity contribution is 9.09. The van der Waals surface area contributed by atoms with Crippen LogP contribution in [0.4, 0.5) is 0 Å². The summed E-state index contributed by atoms with van der Waals surface area (Å²) in [7, 11) is 1.70. The van der Waals surface area contributed by atoms with Gasteiger partial charge in [0.1, 0.15) is 5.75 Å². The Morgan fingerprint density at radius 2 is 1.65 bits per heavy atom. The lowest BCUT2D eigenvalue weighted by Gasteiger charge is -2.10. The Balaban J connectivity index is 1.70. The first-order valence-electron chi connectivity index (χ1n) is 7.11. The summed E-state index contributed by atoms with van der Waals surface area (Å²) in [4.78, 5) is 0.472. The van der Waals surface area contributed by atoms with E-state index in [1.807, 2.05) is 12.1 Å². The SMILES string of the molecule is COc1ccc(CCCCC(Br)c2ccccc2)cc1. The molecule has 2 aromatic carbocycles. The minimum atomic E-state index is 0.472. The Morgan fingerprint density at radius 1 is 0.950 bits per heavy atom. The number of halogens is 1. The predicted molar refractivity (Wildman–Crippen MR) is 88.7 cm³/mol. The molecule has 0 spiro atoms.